The first-order valence-corrected chi connectivity index (χ1v) is 10.7. The fourth-order valence-electron chi connectivity index (χ4n) is 3.20. The van der Waals surface area contributed by atoms with Crippen molar-refractivity contribution >= 4 is 15.7 Å². The number of alkyl halides is 3. The van der Waals surface area contributed by atoms with Crippen LogP contribution >= 0.6 is 0 Å². The van der Waals surface area contributed by atoms with E-state index in [1.807, 2.05) is 14.0 Å². The quantitative estimate of drug-likeness (QED) is 0.793. The lowest BCUT2D eigenvalue weighted by Crippen LogP contribution is -2.43. The normalized spacial score (nSPS) is 16.7. The number of nitrogens with zero attached hydrogens (tertiary/aromatic N) is 2. The number of sulfonamides is 1. The van der Waals surface area contributed by atoms with Crippen molar-refractivity contribution in [2.75, 3.05) is 37.9 Å². The van der Waals surface area contributed by atoms with Crippen molar-refractivity contribution in [2.24, 2.45) is 0 Å². The van der Waals surface area contributed by atoms with E-state index in [4.69, 9.17) is 0 Å². The summed E-state index contributed by atoms with van der Waals surface area (Å²) >= 11 is 0. The van der Waals surface area contributed by atoms with Gasteiger partial charge in [0.15, 0.2) is 0 Å². The molecule has 1 fully saturated rings. The number of aryl methyl sites for hydroxylation is 1. The molecule has 0 aliphatic carbocycles. The third kappa shape index (κ3) is 5.71. The number of hydrogen-bond acceptors (Lipinski definition) is 4. The molecule has 2 aromatic carbocycles. The van der Waals surface area contributed by atoms with Gasteiger partial charge in [-0.25, -0.2) is 8.42 Å². The van der Waals surface area contributed by atoms with Gasteiger partial charge in [-0.2, -0.15) is 13.2 Å². The van der Waals surface area contributed by atoms with Crippen molar-refractivity contribution in [1.29, 1.82) is 0 Å². The molecule has 0 unspecified atom stereocenters. The van der Waals surface area contributed by atoms with Crippen LogP contribution in [0.2, 0.25) is 0 Å². The summed E-state index contributed by atoms with van der Waals surface area (Å²) in [5.41, 5.74) is 0.346. The molecule has 5 nitrogen and oxygen atoms in total. The van der Waals surface area contributed by atoms with Crippen LogP contribution in [0.1, 0.15) is 16.7 Å². The molecule has 0 amide bonds. The van der Waals surface area contributed by atoms with Crippen LogP contribution in [0.25, 0.3) is 0 Å². The van der Waals surface area contributed by atoms with Crippen LogP contribution in [0.3, 0.4) is 0 Å². The van der Waals surface area contributed by atoms with Crippen LogP contribution < -0.4 is 4.72 Å². The van der Waals surface area contributed by atoms with E-state index in [2.05, 4.69) is 14.5 Å². The number of likely N-dealkylation sites (N-methyl/N-ethyl adjacent to an activating group) is 1. The van der Waals surface area contributed by atoms with E-state index < -0.39 is 21.8 Å². The van der Waals surface area contributed by atoms with Crippen molar-refractivity contribution in [3.8, 4) is 0 Å². The van der Waals surface area contributed by atoms with Crippen LogP contribution in [0.5, 0.6) is 0 Å². The van der Waals surface area contributed by atoms with Crippen LogP contribution in [0.4, 0.5) is 18.9 Å². The molecule has 1 saturated heterocycles. The number of benzene rings is 2. The number of nitrogens with one attached hydrogen (secondary N) is 1. The average molecular weight is 427 g/mol. The molecule has 0 bridgehead atoms. The Balaban J connectivity index is 1.88. The Morgan fingerprint density at radius 1 is 1.00 bits per heavy atom. The molecule has 0 spiro atoms. The highest BCUT2D eigenvalue weighted by Gasteiger charge is 2.32. The number of piperazine rings is 1. The molecule has 0 aromatic heterocycles. The van der Waals surface area contributed by atoms with Gasteiger partial charge in [-0.1, -0.05) is 17.7 Å². The third-order valence-electron chi connectivity index (χ3n) is 4.91. The number of anilines is 1. The molecule has 0 atom stereocenters. The first-order chi connectivity index (χ1) is 13.5. The predicted octanol–water partition coefficient (Wildman–Crippen LogP) is 3.56. The minimum Gasteiger partial charge on any atom is -0.304 e. The molecule has 1 N–H and O–H groups in total. The van der Waals surface area contributed by atoms with Gasteiger partial charge in [0, 0.05) is 38.4 Å². The molecule has 9 heteroatoms. The Kier molecular flexibility index (Phi) is 6.21. The van der Waals surface area contributed by atoms with Crippen LogP contribution in [0.15, 0.2) is 47.4 Å². The van der Waals surface area contributed by atoms with Crippen molar-refractivity contribution in [3.63, 3.8) is 0 Å². The summed E-state index contributed by atoms with van der Waals surface area (Å²) in [6.07, 6.45) is -4.57. The zero-order chi connectivity index (χ0) is 21.2. The number of rotatable bonds is 5. The number of halogens is 3. The van der Waals surface area contributed by atoms with Crippen molar-refractivity contribution in [2.45, 2.75) is 24.5 Å². The Morgan fingerprint density at radius 2 is 1.62 bits per heavy atom. The van der Waals surface area contributed by atoms with E-state index in [1.54, 1.807) is 12.1 Å². The van der Waals surface area contributed by atoms with Crippen LogP contribution in [0, 0.1) is 6.92 Å². The fourth-order valence-corrected chi connectivity index (χ4v) is 4.24. The minimum absolute atomic E-state index is 0.00105. The standard InChI is InChI=1S/C20H24F3N3O2S/c1-15-3-5-19(6-4-15)29(27,28)24-18-12-16(11-17(13-18)20(21,22)23)14-26-9-7-25(2)8-10-26/h3-6,11-13,24H,7-10,14H2,1-2H3. The van der Waals surface area contributed by atoms with Crippen LogP contribution in [-0.4, -0.2) is 51.4 Å². The lowest BCUT2D eigenvalue weighted by Gasteiger charge is -2.32. The third-order valence-corrected chi connectivity index (χ3v) is 6.30. The second kappa shape index (κ2) is 8.33. The zero-order valence-corrected chi connectivity index (χ0v) is 17.1. The Morgan fingerprint density at radius 3 is 2.21 bits per heavy atom. The molecule has 0 radical (unpaired) electrons. The lowest BCUT2D eigenvalue weighted by molar-refractivity contribution is -0.137. The van der Waals surface area contributed by atoms with Gasteiger partial charge in [-0.3, -0.25) is 9.62 Å². The van der Waals surface area contributed by atoms with Crippen molar-refractivity contribution < 1.29 is 21.6 Å². The van der Waals surface area contributed by atoms with Gasteiger partial charge in [0.25, 0.3) is 10.0 Å². The summed E-state index contributed by atoms with van der Waals surface area (Å²) in [4.78, 5) is 4.22. The first-order valence-electron chi connectivity index (χ1n) is 9.24. The van der Waals surface area contributed by atoms with Gasteiger partial charge in [0.1, 0.15) is 0 Å². The smallest absolute Gasteiger partial charge is 0.304 e. The summed E-state index contributed by atoms with van der Waals surface area (Å²) in [5, 5.41) is 0. The SMILES string of the molecule is Cc1ccc(S(=O)(=O)Nc2cc(CN3CCN(C)CC3)cc(C(F)(F)F)c2)cc1. The Labute approximate surface area is 169 Å². The average Bonchev–Trinajstić information content (AvgIpc) is 2.63. The molecular formula is C20H24F3N3O2S. The molecule has 0 saturated carbocycles. The first kappa shape index (κ1) is 21.6. The van der Waals surface area contributed by atoms with Gasteiger partial charge in [0.05, 0.1) is 10.5 Å². The minimum atomic E-state index is -4.57. The van der Waals surface area contributed by atoms with Gasteiger partial charge in [0.2, 0.25) is 0 Å². The second-order valence-electron chi connectivity index (χ2n) is 7.41. The fraction of sp³-hybridized carbons (Fsp3) is 0.400. The molecule has 1 heterocycles. The largest absolute Gasteiger partial charge is 0.416 e. The van der Waals surface area contributed by atoms with Crippen molar-refractivity contribution in [3.05, 3.63) is 59.2 Å². The number of hydrogen-bond donors (Lipinski definition) is 1. The second-order valence-corrected chi connectivity index (χ2v) is 9.10. The van der Waals surface area contributed by atoms with E-state index in [1.165, 1.54) is 18.2 Å². The Hall–Kier alpha value is -2.10. The van der Waals surface area contributed by atoms with Gasteiger partial charge in [-0.05, 0) is 49.9 Å². The maximum atomic E-state index is 13.4. The van der Waals surface area contributed by atoms with Gasteiger partial charge >= 0.3 is 6.18 Å². The molecule has 2 aromatic rings. The molecular weight excluding hydrogens is 403 g/mol. The maximum absolute atomic E-state index is 13.4. The predicted molar refractivity (Wildman–Crippen MR) is 106 cm³/mol. The molecule has 3 rings (SSSR count). The van der Waals surface area contributed by atoms with E-state index in [0.29, 0.717) is 12.1 Å². The zero-order valence-electron chi connectivity index (χ0n) is 16.3. The van der Waals surface area contributed by atoms with Gasteiger partial charge in [-0.15, -0.1) is 0 Å². The van der Waals surface area contributed by atoms with Crippen molar-refractivity contribution in [1.82, 2.24) is 9.80 Å². The van der Waals surface area contributed by atoms with Gasteiger partial charge < -0.3 is 4.90 Å². The van der Waals surface area contributed by atoms with E-state index in [-0.39, 0.29) is 10.6 Å². The van der Waals surface area contributed by atoms with E-state index in [9.17, 15) is 21.6 Å². The highest BCUT2D eigenvalue weighted by atomic mass is 32.2. The summed E-state index contributed by atoms with van der Waals surface area (Å²) in [5.74, 6) is 0. The Bertz CT molecular complexity index is 952. The topological polar surface area (TPSA) is 52.7 Å². The van der Waals surface area contributed by atoms with E-state index in [0.717, 1.165) is 43.9 Å². The maximum Gasteiger partial charge on any atom is 0.416 e. The lowest BCUT2D eigenvalue weighted by atomic mass is 10.1. The molecule has 29 heavy (non-hydrogen) atoms. The molecule has 158 valence electrons. The van der Waals surface area contributed by atoms with E-state index >= 15 is 0 Å². The monoisotopic (exact) mass is 427 g/mol. The molecule has 1 aliphatic heterocycles. The highest BCUT2D eigenvalue weighted by molar-refractivity contribution is 7.92. The van der Waals surface area contributed by atoms with Crippen LogP contribution in [-0.2, 0) is 22.7 Å². The summed E-state index contributed by atoms with van der Waals surface area (Å²) in [6, 6.07) is 9.52. The summed E-state index contributed by atoms with van der Waals surface area (Å²) < 4.78 is 67.6. The summed E-state index contributed by atoms with van der Waals surface area (Å²) in [6.45, 7) is 5.32. The highest BCUT2D eigenvalue weighted by Crippen LogP contribution is 2.33. The molecule has 1 aliphatic rings. The summed E-state index contributed by atoms with van der Waals surface area (Å²) in [7, 11) is -1.99.